The molecule has 0 fully saturated rings. The number of benzene rings is 1. The lowest BCUT2D eigenvalue weighted by Crippen LogP contribution is -2.19. The van der Waals surface area contributed by atoms with Crippen molar-refractivity contribution in [1.82, 2.24) is 10.3 Å². The van der Waals surface area contributed by atoms with Crippen LogP contribution in [0, 0.1) is 20.8 Å². The van der Waals surface area contributed by atoms with Gasteiger partial charge in [0.25, 0.3) is 0 Å². The predicted octanol–water partition coefficient (Wildman–Crippen LogP) is 3.32. The lowest BCUT2D eigenvalue weighted by atomic mass is 9.93. The zero-order chi connectivity index (χ0) is 13.1. The quantitative estimate of drug-likeness (QED) is 0.890. The van der Waals surface area contributed by atoms with E-state index in [1.807, 2.05) is 19.4 Å². The molecule has 0 saturated carbocycles. The molecule has 0 radical (unpaired) electrons. The Kier molecular flexibility index (Phi) is 3.78. The van der Waals surface area contributed by atoms with Gasteiger partial charge in [0.05, 0.1) is 6.04 Å². The van der Waals surface area contributed by atoms with E-state index in [0.717, 1.165) is 0 Å². The highest BCUT2D eigenvalue weighted by molar-refractivity contribution is 5.40. The lowest BCUT2D eigenvalue weighted by Gasteiger charge is -2.20. The Morgan fingerprint density at radius 3 is 2.56 bits per heavy atom. The van der Waals surface area contributed by atoms with Crippen molar-refractivity contribution in [2.45, 2.75) is 26.8 Å². The van der Waals surface area contributed by atoms with Gasteiger partial charge >= 0.3 is 0 Å². The normalized spacial score (nSPS) is 12.4. The Bertz CT molecular complexity index is 547. The molecule has 2 rings (SSSR count). The zero-order valence-electron chi connectivity index (χ0n) is 11.5. The number of pyridine rings is 1. The fourth-order valence-electron chi connectivity index (χ4n) is 2.32. The Labute approximate surface area is 109 Å². The summed E-state index contributed by atoms with van der Waals surface area (Å²) >= 11 is 0. The Morgan fingerprint density at radius 1 is 1.11 bits per heavy atom. The largest absolute Gasteiger partial charge is 0.309 e. The molecule has 0 bridgehead atoms. The van der Waals surface area contributed by atoms with Crippen LogP contribution in [0.15, 0.2) is 36.7 Å². The highest BCUT2D eigenvalue weighted by Crippen LogP contribution is 2.26. The van der Waals surface area contributed by atoms with E-state index >= 15 is 0 Å². The molecule has 0 aliphatic carbocycles. The van der Waals surface area contributed by atoms with E-state index in [0.29, 0.717) is 0 Å². The average Bonchev–Trinajstić information content (AvgIpc) is 2.35. The minimum atomic E-state index is 0.206. The SMILES string of the molecule is CNC(c1cncc(C)c1)c1cccc(C)c1C. The van der Waals surface area contributed by atoms with Crippen LogP contribution >= 0.6 is 0 Å². The summed E-state index contributed by atoms with van der Waals surface area (Å²) in [5, 5.41) is 3.39. The van der Waals surface area contributed by atoms with Crippen LogP contribution in [0.4, 0.5) is 0 Å². The number of hydrogen-bond acceptors (Lipinski definition) is 2. The molecule has 1 unspecified atom stereocenters. The van der Waals surface area contributed by atoms with Crippen molar-refractivity contribution in [3.8, 4) is 0 Å². The first-order valence-corrected chi connectivity index (χ1v) is 6.28. The molecule has 94 valence electrons. The second-order valence-electron chi connectivity index (χ2n) is 4.81. The van der Waals surface area contributed by atoms with E-state index in [1.165, 1.54) is 27.8 Å². The molecule has 0 aliphatic heterocycles. The second kappa shape index (κ2) is 5.32. The fourth-order valence-corrected chi connectivity index (χ4v) is 2.32. The van der Waals surface area contributed by atoms with Gasteiger partial charge in [-0.3, -0.25) is 4.98 Å². The minimum Gasteiger partial charge on any atom is -0.309 e. The molecule has 1 aromatic heterocycles. The van der Waals surface area contributed by atoms with Crippen LogP contribution in [0.5, 0.6) is 0 Å². The molecule has 0 spiro atoms. The van der Waals surface area contributed by atoms with Crippen LogP contribution in [0.25, 0.3) is 0 Å². The maximum atomic E-state index is 4.29. The van der Waals surface area contributed by atoms with Crippen molar-refractivity contribution in [3.63, 3.8) is 0 Å². The van der Waals surface area contributed by atoms with E-state index in [1.54, 1.807) is 0 Å². The molecule has 0 saturated heterocycles. The fraction of sp³-hybridized carbons (Fsp3) is 0.312. The van der Waals surface area contributed by atoms with Gasteiger partial charge in [-0.25, -0.2) is 0 Å². The summed E-state index contributed by atoms with van der Waals surface area (Å²) in [5.41, 5.74) is 6.40. The highest BCUT2D eigenvalue weighted by atomic mass is 14.9. The standard InChI is InChI=1S/C16H20N2/c1-11-8-14(10-18-9-11)16(17-4)15-7-5-6-12(2)13(15)3/h5-10,16-17H,1-4H3. The molecule has 1 heterocycles. The van der Waals surface area contributed by atoms with E-state index in [-0.39, 0.29) is 6.04 Å². The molecule has 2 nitrogen and oxygen atoms in total. The predicted molar refractivity (Wildman–Crippen MR) is 75.8 cm³/mol. The molecule has 0 amide bonds. The van der Waals surface area contributed by atoms with Gasteiger partial charge in [0.1, 0.15) is 0 Å². The first-order valence-electron chi connectivity index (χ1n) is 6.28. The maximum Gasteiger partial charge on any atom is 0.0592 e. The van der Waals surface area contributed by atoms with Crippen molar-refractivity contribution < 1.29 is 0 Å². The summed E-state index contributed by atoms with van der Waals surface area (Å²) < 4.78 is 0. The molecule has 1 aromatic carbocycles. The Hall–Kier alpha value is -1.67. The number of nitrogens with one attached hydrogen (secondary N) is 1. The molecular formula is C16H20N2. The van der Waals surface area contributed by atoms with Crippen molar-refractivity contribution >= 4 is 0 Å². The summed E-state index contributed by atoms with van der Waals surface area (Å²) in [6.07, 6.45) is 3.83. The summed E-state index contributed by atoms with van der Waals surface area (Å²) in [6, 6.07) is 8.85. The molecule has 1 N–H and O–H groups in total. The van der Waals surface area contributed by atoms with Crippen LogP contribution in [0.3, 0.4) is 0 Å². The molecular weight excluding hydrogens is 220 g/mol. The van der Waals surface area contributed by atoms with Crippen LogP contribution < -0.4 is 5.32 Å². The molecule has 2 heteroatoms. The van der Waals surface area contributed by atoms with Crippen molar-refractivity contribution in [1.29, 1.82) is 0 Å². The van der Waals surface area contributed by atoms with Crippen molar-refractivity contribution in [2.75, 3.05) is 7.05 Å². The van der Waals surface area contributed by atoms with Crippen molar-refractivity contribution in [2.24, 2.45) is 0 Å². The van der Waals surface area contributed by atoms with Gasteiger partial charge < -0.3 is 5.32 Å². The number of aryl methyl sites for hydroxylation is 2. The van der Waals surface area contributed by atoms with Gasteiger partial charge in [-0.1, -0.05) is 24.3 Å². The first-order chi connectivity index (χ1) is 8.63. The lowest BCUT2D eigenvalue weighted by molar-refractivity contribution is 0.683. The number of hydrogen-bond donors (Lipinski definition) is 1. The number of rotatable bonds is 3. The van der Waals surface area contributed by atoms with Gasteiger partial charge in [-0.2, -0.15) is 0 Å². The zero-order valence-corrected chi connectivity index (χ0v) is 11.5. The average molecular weight is 240 g/mol. The monoisotopic (exact) mass is 240 g/mol. The van der Waals surface area contributed by atoms with E-state index < -0.39 is 0 Å². The highest BCUT2D eigenvalue weighted by Gasteiger charge is 2.15. The molecule has 0 aliphatic rings. The van der Waals surface area contributed by atoms with Crippen LogP contribution in [0.2, 0.25) is 0 Å². The first kappa shape index (κ1) is 12.8. The topological polar surface area (TPSA) is 24.9 Å². The van der Waals surface area contributed by atoms with Crippen LogP contribution in [0.1, 0.15) is 33.9 Å². The van der Waals surface area contributed by atoms with E-state index in [4.69, 9.17) is 0 Å². The molecule has 18 heavy (non-hydrogen) atoms. The third-order valence-electron chi connectivity index (χ3n) is 3.48. The third kappa shape index (κ3) is 2.44. The van der Waals surface area contributed by atoms with Crippen LogP contribution in [-0.2, 0) is 0 Å². The third-order valence-corrected chi connectivity index (χ3v) is 3.48. The van der Waals surface area contributed by atoms with Gasteiger partial charge in [0.2, 0.25) is 0 Å². The summed E-state index contributed by atoms with van der Waals surface area (Å²) in [7, 11) is 1.99. The van der Waals surface area contributed by atoms with Gasteiger partial charge in [0, 0.05) is 12.4 Å². The smallest absolute Gasteiger partial charge is 0.0592 e. The number of nitrogens with zero attached hydrogens (tertiary/aromatic N) is 1. The molecule has 2 aromatic rings. The maximum absolute atomic E-state index is 4.29. The van der Waals surface area contributed by atoms with Gasteiger partial charge in [-0.05, 0) is 55.6 Å². The summed E-state index contributed by atoms with van der Waals surface area (Å²) in [6.45, 7) is 6.41. The minimum absolute atomic E-state index is 0.206. The van der Waals surface area contributed by atoms with Crippen molar-refractivity contribution in [3.05, 3.63) is 64.5 Å². The van der Waals surface area contributed by atoms with E-state index in [9.17, 15) is 0 Å². The Balaban J connectivity index is 2.49. The van der Waals surface area contributed by atoms with Crippen LogP contribution in [-0.4, -0.2) is 12.0 Å². The van der Waals surface area contributed by atoms with E-state index in [2.05, 4.69) is 55.3 Å². The van der Waals surface area contributed by atoms with Gasteiger partial charge in [0.15, 0.2) is 0 Å². The number of aromatic nitrogens is 1. The summed E-state index contributed by atoms with van der Waals surface area (Å²) in [5.74, 6) is 0. The van der Waals surface area contributed by atoms with Gasteiger partial charge in [-0.15, -0.1) is 0 Å². The molecule has 1 atom stereocenters. The summed E-state index contributed by atoms with van der Waals surface area (Å²) in [4.78, 5) is 4.29. The second-order valence-corrected chi connectivity index (χ2v) is 4.81. The Morgan fingerprint density at radius 2 is 1.89 bits per heavy atom.